The van der Waals surface area contributed by atoms with Crippen LogP contribution in [0.5, 0.6) is 0 Å². The number of nitrogens with two attached hydrogens (primary N) is 1. The lowest BCUT2D eigenvalue weighted by Crippen LogP contribution is -2.44. The summed E-state index contributed by atoms with van der Waals surface area (Å²) < 4.78 is 36.3. The summed E-state index contributed by atoms with van der Waals surface area (Å²) in [6, 6.07) is 0.361. The molecule has 3 N–H and O–H groups in total. The van der Waals surface area contributed by atoms with Gasteiger partial charge < -0.3 is 25.0 Å². The van der Waals surface area contributed by atoms with E-state index in [1.807, 2.05) is 0 Å². The molecular formula is C20H20ClF2N3O4. The Kier molecular flexibility index (Phi) is 4.36. The van der Waals surface area contributed by atoms with Crippen molar-refractivity contribution in [1.82, 2.24) is 4.57 Å². The van der Waals surface area contributed by atoms with E-state index in [0.29, 0.717) is 26.2 Å². The summed E-state index contributed by atoms with van der Waals surface area (Å²) >= 11 is 6.62. The molecule has 3 fully saturated rings. The van der Waals surface area contributed by atoms with Gasteiger partial charge in [0, 0.05) is 44.8 Å². The molecular weight excluding hydrogens is 420 g/mol. The van der Waals surface area contributed by atoms with Crippen LogP contribution >= 0.6 is 11.6 Å². The monoisotopic (exact) mass is 439 g/mol. The smallest absolute Gasteiger partial charge is 0.341 e. The first-order valence-electron chi connectivity index (χ1n) is 9.80. The number of carboxylic acids is 1. The Morgan fingerprint density at radius 1 is 1.47 bits per heavy atom. The fourth-order valence-corrected chi connectivity index (χ4v) is 5.32. The Morgan fingerprint density at radius 3 is 2.80 bits per heavy atom. The fraction of sp³-hybridized carbons (Fsp3) is 0.500. The van der Waals surface area contributed by atoms with E-state index in [0.717, 1.165) is 18.7 Å². The minimum absolute atomic E-state index is 0.0368. The lowest BCUT2D eigenvalue weighted by molar-refractivity contribution is 0.0126. The normalized spacial score (nSPS) is 30.1. The molecule has 10 heteroatoms. The number of carboxylic acid groups (broad SMARTS) is 1. The molecule has 1 aliphatic carbocycles. The molecule has 30 heavy (non-hydrogen) atoms. The fourth-order valence-electron chi connectivity index (χ4n) is 4.91. The molecule has 2 saturated heterocycles. The van der Waals surface area contributed by atoms with Gasteiger partial charge in [-0.25, -0.2) is 13.6 Å². The van der Waals surface area contributed by atoms with Crippen molar-refractivity contribution in [2.75, 3.05) is 31.1 Å². The van der Waals surface area contributed by atoms with Crippen molar-refractivity contribution >= 4 is 34.2 Å². The van der Waals surface area contributed by atoms with Crippen LogP contribution in [0, 0.1) is 11.7 Å². The number of alkyl halides is 1. The summed E-state index contributed by atoms with van der Waals surface area (Å²) in [5.41, 5.74) is 4.23. The maximum absolute atomic E-state index is 15.2. The zero-order valence-corrected chi connectivity index (χ0v) is 16.7. The summed E-state index contributed by atoms with van der Waals surface area (Å²) in [6.45, 7) is 1.73. The summed E-state index contributed by atoms with van der Waals surface area (Å²) in [6.07, 6.45) is 0.907. The van der Waals surface area contributed by atoms with Crippen LogP contribution in [-0.4, -0.2) is 53.7 Å². The van der Waals surface area contributed by atoms with Crippen LogP contribution < -0.4 is 16.1 Å². The lowest BCUT2D eigenvalue weighted by atomic mass is 9.91. The van der Waals surface area contributed by atoms with Crippen molar-refractivity contribution in [3.8, 4) is 0 Å². The molecule has 0 radical (unpaired) electrons. The Morgan fingerprint density at radius 2 is 2.20 bits per heavy atom. The van der Waals surface area contributed by atoms with Crippen LogP contribution in [0.25, 0.3) is 10.9 Å². The number of carbonyl (C=O) groups is 1. The molecule has 7 nitrogen and oxygen atoms in total. The number of halogens is 3. The first-order valence-corrected chi connectivity index (χ1v) is 10.2. The van der Waals surface area contributed by atoms with Crippen molar-refractivity contribution in [3.05, 3.63) is 38.9 Å². The molecule has 1 aromatic carbocycles. The van der Waals surface area contributed by atoms with E-state index in [1.165, 1.54) is 4.57 Å². The topological polar surface area (TPSA) is 97.8 Å². The van der Waals surface area contributed by atoms with Crippen molar-refractivity contribution < 1.29 is 23.4 Å². The van der Waals surface area contributed by atoms with E-state index in [-0.39, 0.29) is 34.0 Å². The second kappa shape index (κ2) is 6.63. The predicted molar refractivity (Wildman–Crippen MR) is 107 cm³/mol. The van der Waals surface area contributed by atoms with E-state index in [1.54, 1.807) is 4.90 Å². The number of ether oxygens (including phenoxy) is 1. The maximum atomic E-state index is 15.2. The third kappa shape index (κ3) is 2.68. The number of aromatic carboxylic acids is 1. The van der Waals surface area contributed by atoms with Gasteiger partial charge in [0.1, 0.15) is 23.2 Å². The number of benzene rings is 1. The maximum Gasteiger partial charge on any atom is 0.341 e. The Hall–Kier alpha value is -2.23. The van der Waals surface area contributed by atoms with Crippen LogP contribution in [0.3, 0.4) is 0 Å². The molecule has 0 amide bonds. The molecule has 0 bridgehead atoms. The Bertz CT molecular complexity index is 1140. The van der Waals surface area contributed by atoms with E-state index < -0.39 is 40.6 Å². The summed E-state index contributed by atoms with van der Waals surface area (Å²) in [5, 5.41) is 9.15. The number of anilines is 1. The quantitative estimate of drug-likeness (QED) is 0.758. The van der Waals surface area contributed by atoms with Gasteiger partial charge in [0.25, 0.3) is 0 Å². The number of nitrogens with zero attached hydrogens (tertiary/aromatic N) is 2. The average molecular weight is 440 g/mol. The van der Waals surface area contributed by atoms with E-state index in [2.05, 4.69) is 0 Å². The summed E-state index contributed by atoms with van der Waals surface area (Å²) in [5.74, 6) is -2.07. The number of hydrogen-bond donors (Lipinski definition) is 2. The minimum atomic E-state index is -1.46. The van der Waals surface area contributed by atoms with Gasteiger partial charge in [0.15, 0.2) is 0 Å². The third-order valence-electron chi connectivity index (χ3n) is 6.61. The minimum Gasteiger partial charge on any atom is -0.477 e. The van der Waals surface area contributed by atoms with E-state index in [4.69, 9.17) is 22.1 Å². The first kappa shape index (κ1) is 19.7. The van der Waals surface area contributed by atoms with Crippen LogP contribution in [0.2, 0.25) is 5.02 Å². The second-order valence-electron chi connectivity index (χ2n) is 8.30. The molecule has 3 aliphatic rings. The van der Waals surface area contributed by atoms with Gasteiger partial charge in [-0.15, -0.1) is 0 Å². The van der Waals surface area contributed by atoms with Gasteiger partial charge in [-0.05, 0) is 12.5 Å². The largest absolute Gasteiger partial charge is 0.477 e. The number of hydrogen-bond acceptors (Lipinski definition) is 5. The molecule has 0 spiro atoms. The Labute approximate surface area is 175 Å². The molecule has 1 aromatic heterocycles. The Balaban J connectivity index is 1.71. The molecule has 160 valence electrons. The summed E-state index contributed by atoms with van der Waals surface area (Å²) in [7, 11) is 0. The molecule has 3 heterocycles. The third-order valence-corrected chi connectivity index (χ3v) is 6.97. The molecule has 2 aliphatic heterocycles. The van der Waals surface area contributed by atoms with Crippen LogP contribution in [0.15, 0.2) is 17.1 Å². The highest BCUT2D eigenvalue weighted by molar-refractivity contribution is 6.38. The average Bonchev–Trinajstić information content (AvgIpc) is 3.12. The van der Waals surface area contributed by atoms with Gasteiger partial charge in [-0.3, -0.25) is 4.79 Å². The SMILES string of the molecule is NCC12CN(c3c(F)cc4c(=O)c(C(=O)O)cn(C5CC5F)c4c3Cl)CC1CCO2. The van der Waals surface area contributed by atoms with Crippen molar-refractivity contribution in [3.63, 3.8) is 0 Å². The van der Waals surface area contributed by atoms with Gasteiger partial charge in [0.2, 0.25) is 5.43 Å². The van der Waals surface area contributed by atoms with E-state index in [9.17, 15) is 19.1 Å². The zero-order chi connectivity index (χ0) is 21.4. The van der Waals surface area contributed by atoms with Gasteiger partial charge in [-0.2, -0.15) is 0 Å². The van der Waals surface area contributed by atoms with Crippen LogP contribution in [-0.2, 0) is 4.74 Å². The number of pyridine rings is 1. The van der Waals surface area contributed by atoms with Gasteiger partial charge in [-0.1, -0.05) is 11.6 Å². The van der Waals surface area contributed by atoms with Crippen LogP contribution in [0.1, 0.15) is 29.2 Å². The highest BCUT2D eigenvalue weighted by Crippen LogP contribution is 2.47. The standard InChI is InChI=1S/C20H20ClF2N3O4/c21-15-16-10(18(27)11(19(28)29)6-26(16)14-4-12(14)22)3-13(23)17(15)25-5-9-1-2-30-20(9,7-24)8-25/h3,6,9,12,14H,1-2,4-5,7-8,24H2,(H,28,29). The molecule has 4 atom stereocenters. The van der Waals surface area contributed by atoms with Crippen molar-refractivity contribution in [2.45, 2.75) is 30.7 Å². The zero-order valence-electron chi connectivity index (χ0n) is 15.9. The number of fused-ring (bicyclic) bond motifs is 2. The number of rotatable bonds is 4. The molecule has 5 rings (SSSR count). The highest BCUT2D eigenvalue weighted by atomic mass is 35.5. The van der Waals surface area contributed by atoms with Gasteiger partial charge in [0.05, 0.1) is 27.7 Å². The molecule has 4 unspecified atom stereocenters. The van der Waals surface area contributed by atoms with Crippen molar-refractivity contribution in [1.29, 1.82) is 0 Å². The molecule has 1 saturated carbocycles. The van der Waals surface area contributed by atoms with Crippen molar-refractivity contribution in [2.24, 2.45) is 11.7 Å². The molecule has 2 aromatic rings. The van der Waals surface area contributed by atoms with E-state index >= 15 is 4.39 Å². The highest BCUT2D eigenvalue weighted by Gasteiger charge is 2.51. The van der Waals surface area contributed by atoms with Crippen LogP contribution in [0.4, 0.5) is 14.5 Å². The summed E-state index contributed by atoms with van der Waals surface area (Å²) in [4.78, 5) is 25.9. The predicted octanol–water partition coefficient (Wildman–Crippen LogP) is 2.33. The first-order chi connectivity index (χ1) is 14.3. The second-order valence-corrected chi connectivity index (χ2v) is 8.68. The lowest BCUT2D eigenvalue weighted by Gasteiger charge is -2.28. The van der Waals surface area contributed by atoms with Gasteiger partial charge >= 0.3 is 5.97 Å². The number of aromatic nitrogens is 1.